The number of nitrogens with zero attached hydrogens (tertiary/aromatic N) is 2. The Balaban J connectivity index is 1.48. The van der Waals surface area contributed by atoms with Crippen molar-refractivity contribution in [1.82, 2.24) is 9.55 Å². The molecule has 2 aliphatic rings. The summed E-state index contributed by atoms with van der Waals surface area (Å²) in [5, 5.41) is 11.9. The number of aromatic nitrogens is 2. The lowest BCUT2D eigenvalue weighted by Gasteiger charge is -2.31. The highest BCUT2D eigenvalue weighted by Gasteiger charge is 2.45. The molecule has 2 aromatic heterocycles. The first kappa shape index (κ1) is 22.7. The number of carbonyl (C=O) groups excluding carboxylic acids is 1. The Bertz CT molecular complexity index is 1350. The third-order valence-electron chi connectivity index (χ3n) is 6.56. The first-order valence-corrected chi connectivity index (χ1v) is 11.2. The molecule has 0 aliphatic carbocycles. The number of rotatable bonds is 7. The van der Waals surface area contributed by atoms with E-state index in [1.807, 2.05) is 24.3 Å². The van der Waals surface area contributed by atoms with Gasteiger partial charge < -0.3 is 28.6 Å². The minimum atomic E-state index is -1.83. The number of esters is 1. The van der Waals surface area contributed by atoms with Crippen LogP contribution < -0.4 is 5.56 Å². The Labute approximate surface area is 195 Å². The summed E-state index contributed by atoms with van der Waals surface area (Å²) in [7, 11) is 1.57. The molecule has 2 aliphatic heterocycles. The predicted molar refractivity (Wildman–Crippen MR) is 122 cm³/mol. The van der Waals surface area contributed by atoms with Gasteiger partial charge in [0, 0.05) is 23.6 Å². The lowest BCUT2D eigenvalue weighted by Crippen LogP contribution is -2.44. The van der Waals surface area contributed by atoms with Crippen LogP contribution in [0.25, 0.3) is 22.3 Å². The molecule has 9 nitrogen and oxygen atoms in total. The molecular formula is C25H26N2O7. The fourth-order valence-corrected chi connectivity index (χ4v) is 4.50. The molecule has 0 saturated heterocycles. The molecular weight excluding hydrogens is 440 g/mol. The second kappa shape index (κ2) is 8.59. The maximum atomic E-state index is 13.2. The van der Waals surface area contributed by atoms with Crippen molar-refractivity contribution in [2.75, 3.05) is 13.9 Å². The summed E-state index contributed by atoms with van der Waals surface area (Å²) in [6.07, 6.45) is -0.225. The highest BCUT2D eigenvalue weighted by atomic mass is 16.7. The first-order valence-electron chi connectivity index (χ1n) is 11.2. The number of aliphatic hydroxyl groups is 1. The highest BCUT2D eigenvalue weighted by Crippen LogP contribution is 2.38. The molecule has 1 aromatic carbocycles. The normalized spacial score (nSPS) is 19.5. The molecule has 0 fully saturated rings. The summed E-state index contributed by atoms with van der Waals surface area (Å²) in [6.45, 7) is 4.19. The van der Waals surface area contributed by atoms with Crippen LogP contribution in [0.2, 0.25) is 0 Å². The molecule has 1 N–H and O–H groups in total. The van der Waals surface area contributed by atoms with Gasteiger partial charge in [0.25, 0.3) is 5.56 Å². The molecule has 0 amide bonds. The standard InChI is InChI=1S/C25H26N2O7/c1-4-25(30)19-9-21-22-17(10-27(21)23(28)18(19)12-33-24(25)29)8-16-7-15(5-6-20(16)26-22)11-32-13-34-14(2)31-3/h5-9,14,30H,4,10-13H2,1-3H3/t14?,25-/m0/s1. The van der Waals surface area contributed by atoms with Crippen LogP contribution in [0.4, 0.5) is 0 Å². The van der Waals surface area contributed by atoms with Crippen molar-refractivity contribution in [3.8, 4) is 11.4 Å². The number of methoxy groups -OCH3 is 1. The summed E-state index contributed by atoms with van der Waals surface area (Å²) in [5.74, 6) is -0.728. The van der Waals surface area contributed by atoms with Gasteiger partial charge in [-0.1, -0.05) is 13.0 Å². The zero-order valence-electron chi connectivity index (χ0n) is 19.3. The van der Waals surface area contributed by atoms with Gasteiger partial charge in [-0.15, -0.1) is 0 Å². The molecule has 3 aromatic rings. The van der Waals surface area contributed by atoms with Gasteiger partial charge >= 0.3 is 5.97 Å². The zero-order chi connectivity index (χ0) is 24.0. The number of fused-ring (bicyclic) bond motifs is 5. The van der Waals surface area contributed by atoms with Gasteiger partial charge in [0.2, 0.25) is 0 Å². The van der Waals surface area contributed by atoms with Crippen molar-refractivity contribution in [2.45, 2.75) is 51.9 Å². The average molecular weight is 466 g/mol. The van der Waals surface area contributed by atoms with E-state index in [9.17, 15) is 14.7 Å². The van der Waals surface area contributed by atoms with Gasteiger partial charge in [-0.2, -0.15) is 0 Å². The second-order valence-electron chi connectivity index (χ2n) is 8.56. The topological polar surface area (TPSA) is 109 Å². The highest BCUT2D eigenvalue weighted by molar-refractivity contribution is 5.86. The van der Waals surface area contributed by atoms with Crippen molar-refractivity contribution in [1.29, 1.82) is 0 Å². The van der Waals surface area contributed by atoms with Crippen LogP contribution in [-0.2, 0) is 49.1 Å². The average Bonchev–Trinajstić information content (AvgIpc) is 3.20. The Morgan fingerprint density at radius 3 is 2.85 bits per heavy atom. The van der Waals surface area contributed by atoms with E-state index in [1.54, 1.807) is 31.6 Å². The van der Waals surface area contributed by atoms with Crippen LogP contribution in [0.5, 0.6) is 0 Å². The Hall–Kier alpha value is -3.11. The number of pyridine rings is 2. The number of carbonyl (C=O) groups is 1. The molecule has 5 rings (SSSR count). The zero-order valence-corrected chi connectivity index (χ0v) is 19.3. The van der Waals surface area contributed by atoms with E-state index in [0.29, 0.717) is 35.7 Å². The lowest BCUT2D eigenvalue weighted by atomic mass is 9.86. The largest absolute Gasteiger partial charge is 0.458 e. The van der Waals surface area contributed by atoms with Crippen molar-refractivity contribution >= 4 is 16.9 Å². The Kier molecular flexibility index (Phi) is 5.73. The molecule has 0 saturated carbocycles. The van der Waals surface area contributed by atoms with Crippen LogP contribution in [0.15, 0.2) is 35.1 Å². The van der Waals surface area contributed by atoms with Crippen molar-refractivity contribution in [3.63, 3.8) is 0 Å². The van der Waals surface area contributed by atoms with E-state index in [4.69, 9.17) is 23.9 Å². The van der Waals surface area contributed by atoms with Gasteiger partial charge in [-0.05, 0) is 43.2 Å². The molecule has 4 heterocycles. The quantitative estimate of drug-likeness (QED) is 0.251. The molecule has 2 atom stereocenters. The van der Waals surface area contributed by atoms with Gasteiger partial charge in [0.1, 0.15) is 13.4 Å². The molecule has 178 valence electrons. The van der Waals surface area contributed by atoms with E-state index >= 15 is 0 Å². The molecule has 1 unspecified atom stereocenters. The SMILES string of the molecule is CC[C@@]1(O)C(=O)OCc2c1cc1n(c2=O)Cc2cc3cc(COCOC(C)OC)ccc3nc2-1. The smallest absolute Gasteiger partial charge is 0.343 e. The monoisotopic (exact) mass is 466 g/mol. The van der Waals surface area contributed by atoms with Crippen molar-refractivity contribution < 1.29 is 28.8 Å². The summed E-state index contributed by atoms with van der Waals surface area (Å²) >= 11 is 0. The minimum absolute atomic E-state index is 0.111. The van der Waals surface area contributed by atoms with Gasteiger partial charge in [-0.3, -0.25) is 4.79 Å². The van der Waals surface area contributed by atoms with E-state index in [1.165, 1.54) is 0 Å². The number of benzene rings is 1. The molecule has 34 heavy (non-hydrogen) atoms. The predicted octanol–water partition coefficient (Wildman–Crippen LogP) is 2.56. The van der Waals surface area contributed by atoms with Crippen LogP contribution >= 0.6 is 0 Å². The first-order chi connectivity index (χ1) is 16.4. The van der Waals surface area contributed by atoms with E-state index in [-0.39, 0.29) is 31.7 Å². The van der Waals surface area contributed by atoms with Gasteiger partial charge in [0.15, 0.2) is 11.9 Å². The summed E-state index contributed by atoms with van der Waals surface area (Å²) < 4.78 is 22.7. The third kappa shape index (κ3) is 3.61. The van der Waals surface area contributed by atoms with Gasteiger partial charge in [-0.25, -0.2) is 9.78 Å². The molecule has 9 heteroatoms. The summed E-state index contributed by atoms with van der Waals surface area (Å²) in [4.78, 5) is 30.4. The molecule has 0 spiro atoms. The number of hydrogen-bond acceptors (Lipinski definition) is 8. The fraction of sp³-hybridized carbons (Fsp3) is 0.400. The number of hydrogen-bond donors (Lipinski definition) is 1. The molecule has 0 radical (unpaired) electrons. The Morgan fingerprint density at radius 1 is 1.26 bits per heavy atom. The van der Waals surface area contributed by atoms with E-state index in [0.717, 1.165) is 22.0 Å². The third-order valence-corrected chi connectivity index (χ3v) is 6.56. The molecule has 0 bridgehead atoms. The van der Waals surface area contributed by atoms with Crippen LogP contribution in [0.3, 0.4) is 0 Å². The van der Waals surface area contributed by atoms with E-state index in [2.05, 4.69) is 0 Å². The summed E-state index contributed by atoms with van der Waals surface area (Å²) in [6, 6.07) is 9.58. The second-order valence-corrected chi connectivity index (χ2v) is 8.56. The van der Waals surface area contributed by atoms with Crippen molar-refractivity contribution in [3.05, 3.63) is 62.9 Å². The number of cyclic esters (lactones) is 1. The fourth-order valence-electron chi connectivity index (χ4n) is 4.50. The van der Waals surface area contributed by atoms with Crippen LogP contribution in [-0.4, -0.2) is 40.8 Å². The van der Waals surface area contributed by atoms with Crippen molar-refractivity contribution in [2.24, 2.45) is 0 Å². The Morgan fingerprint density at radius 2 is 2.09 bits per heavy atom. The van der Waals surface area contributed by atoms with E-state index < -0.39 is 11.6 Å². The summed E-state index contributed by atoms with van der Waals surface area (Å²) in [5.41, 5.74) is 2.44. The van der Waals surface area contributed by atoms with Gasteiger partial charge in [0.05, 0.1) is 35.6 Å². The number of ether oxygens (including phenoxy) is 4. The maximum Gasteiger partial charge on any atom is 0.343 e. The maximum absolute atomic E-state index is 13.2. The minimum Gasteiger partial charge on any atom is -0.458 e. The van der Waals surface area contributed by atoms with Crippen LogP contribution in [0.1, 0.15) is 42.5 Å². The lowest BCUT2D eigenvalue weighted by molar-refractivity contribution is -0.177. The van der Waals surface area contributed by atoms with Crippen LogP contribution in [0, 0.1) is 0 Å².